The highest BCUT2D eigenvalue weighted by atomic mass is 16.3. The van der Waals surface area contributed by atoms with Crippen molar-refractivity contribution in [1.82, 2.24) is 0 Å². The van der Waals surface area contributed by atoms with Crippen LogP contribution in [-0.4, -0.2) is 15.8 Å². The highest BCUT2D eigenvalue weighted by Crippen LogP contribution is 2.16. The number of benzene rings is 2. The number of aliphatic hydroxyl groups excluding tert-OH is 1. The van der Waals surface area contributed by atoms with Crippen LogP contribution in [0, 0.1) is 0 Å². The predicted octanol–water partition coefficient (Wildman–Crippen LogP) is 5.22. The Morgan fingerprint density at radius 1 is 0.840 bits per heavy atom. The van der Waals surface area contributed by atoms with Gasteiger partial charge in [-0.25, -0.2) is 0 Å². The van der Waals surface area contributed by atoms with Gasteiger partial charge in [-0.15, -0.1) is 0 Å². The van der Waals surface area contributed by atoms with Crippen LogP contribution in [0.3, 0.4) is 0 Å². The minimum Gasteiger partial charge on any atom is -0.392 e. The van der Waals surface area contributed by atoms with Crippen LogP contribution in [-0.2, 0) is 13.0 Å². The summed E-state index contributed by atoms with van der Waals surface area (Å²) in [4.78, 5) is 0. The zero-order valence-electron chi connectivity index (χ0n) is 15.4. The fraction of sp³-hybridized carbons (Fsp3) is 0.391. The molecule has 0 saturated carbocycles. The van der Waals surface area contributed by atoms with E-state index in [4.69, 9.17) is 5.11 Å². The van der Waals surface area contributed by atoms with E-state index < -0.39 is 5.60 Å². The van der Waals surface area contributed by atoms with Crippen LogP contribution in [0.4, 0.5) is 0 Å². The normalized spacial score (nSPS) is 12.0. The summed E-state index contributed by atoms with van der Waals surface area (Å²) in [5.41, 5.74) is 4.10. The van der Waals surface area contributed by atoms with Crippen LogP contribution >= 0.6 is 0 Å². The summed E-state index contributed by atoms with van der Waals surface area (Å²) in [5, 5.41) is 18.8. The van der Waals surface area contributed by atoms with Crippen LogP contribution in [0.5, 0.6) is 0 Å². The third kappa shape index (κ3) is 7.68. The topological polar surface area (TPSA) is 40.5 Å². The van der Waals surface area contributed by atoms with Crippen molar-refractivity contribution in [1.29, 1.82) is 0 Å². The van der Waals surface area contributed by atoms with Gasteiger partial charge < -0.3 is 10.2 Å². The lowest BCUT2D eigenvalue weighted by molar-refractivity contribution is 0.0681. The second kappa shape index (κ2) is 9.55. The third-order valence-corrected chi connectivity index (χ3v) is 4.34. The molecule has 0 radical (unpaired) electrons. The van der Waals surface area contributed by atoms with Crippen molar-refractivity contribution in [3.63, 3.8) is 0 Å². The number of aryl methyl sites for hydroxylation is 1. The monoisotopic (exact) mass is 338 g/mol. The van der Waals surface area contributed by atoms with Gasteiger partial charge in [0.25, 0.3) is 0 Å². The first-order chi connectivity index (χ1) is 12.0. The predicted molar refractivity (Wildman–Crippen MR) is 106 cm³/mol. The Labute approximate surface area is 151 Å². The van der Waals surface area contributed by atoms with Crippen LogP contribution in [0.1, 0.15) is 61.8 Å². The van der Waals surface area contributed by atoms with Gasteiger partial charge in [0.05, 0.1) is 12.2 Å². The first kappa shape index (κ1) is 19.4. The van der Waals surface area contributed by atoms with Crippen molar-refractivity contribution in [2.75, 3.05) is 0 Å². The fourth-order valence-corrected chi connectivity index (χ4v) is 2.84. The lowest BCUT2D eigenvalue weighted by Crippen LogP contribution is -2.17. The minimum atomic E-state index is -0.542. The van der Waals surface area contributed by atoms with Crippen LogP contribution in [0.25, 0.3) is 12.2 Å². The summed E-state index contributed by atoms with van der Waals surface area (Å²) in [5.74, 6) is 0. The van der Waals surface area contributed by atoms with Crippen LogP contribution < -0.4 is 0 Å². The molecule has 0 aromatic heterocycles. The Kier molecular flexibility index (Phi) is 7.42. The van der Waals surface area contributed by atoms with Gasteiger partial charge in [-0.3, -0.25) is 0 Å². The highest BCUT2D eigenvalue weighted by molar-refractivity contribution is 5.69. The second-order valence-electron chi connectivity index (χ2n) is 7.35. The molecular formula is C23H30O2. The van der Waals surface area contributed by atoms with E-state index in [1.54, 1.807) is 0 Å². The van der Waals surface area contributed by atoms with Gasteiger partial charge in [0.1, 0.15) is 0 Å². The summed E-state index contributed by atoms with van der Waals surface area (Å²) in [6, 6.07) is 16.6. The largest absolute Gasteiger partial charge is 0.392 e. The molecule has 25 heavy (non-hydrogen) atoms. The molecule has 0 aliphatic heterocycles. The van der Waals surface area contributed by atoms with Gasteiger partial charge in [0.15, 0.2) is 0 Å². The minimum absolute atomic E-state index is 0.0852. The highest BCUT2D eigenvalue weighted by Gasteiger charge is 2.10. The molecule has 0 spiro atoms. The van der Waals surface area contributed by atoms with E-state index in [0.717, 1.165) is 43.2 Å². The SMILES string of the molecule is CC(C)(O)CCCCCc1cccc(/C=C/c2ccc(CO)cc2)c1. The molecule has 0 amide bonds. The van der Waals surface area contributed by atoms with Gasteiger partial charge in [0, 0.05) is 0 Å². The molecule has 0 bridgehead atoms. The molecule has 134 valence electrons. The standard InChI is InChI=1S/C23H30O2/c1-23(2,25)16-5-3-4-7-20-8-6-9-21(17-20)13-10-19-11-14-22(18-24)15-12-19/h6,8-15,17,24-25H,3-5,7,16,18H2,1-2H3/b13-10+. The molecule has 0 atom stereocenters. The quantitative estimate of drug-likeness (QED) is 0.486. The summed E-state index contributed by atoms with van der Waals surface area (Å²) in [7, 11) is 0. The molecule has 0 aliphatic rings. The number of hydrogen-bond donors (Lipinski definition) is 2. The van der Waals surface area contributed by atoms with E-state index in [1.807, 2.05) is 38.1 Å². The molecule has 2 rings (SSSR count). The van der Waals surface area contributed by atoms with Crippen LogP contribution in [0.2, 0.25) is 0 Å². The molecule has 2 aromatic carbocycles. The van der Waals surface area contributed by atoms with Gasteiger partial charge in [-0.05, 0) is 55.4 Å². The zero-order chi connectivity index (χ0) is 18.1. The average molecular weight is 338 g/mol. The van der Waals surface area contributed by atoms with E-state index in [-0.39, 0.29) is 6.61 Å². The summed E-state index contributed by atoms with van der Waals surface area (Å²) < 4.78 is 0. The summed E-state index contributed by atoms with van der Waals surface area (Å²) >= 11 is 0. The average Bonchev–Trinajstić information content (AvgIpc) is 2.59. The Bertz CT molecular complexity index is 663. The Hall–Kier alpha value is -1.90. The van der Waals surface area contributed by atoms with E-state index >= 15 is 0 Å². The van der Waals surface area contributed by atoms with E-state index in [2.05, 4.69) is 36.4 Å². The van der Waals surface area contributed by atoms with E-state index in [0.29, 0.717) is 0 Å². The number of hydrogen-bond acceptors (Lipinski definition) is 2. The van der Waals surface area contributed by atoms with Crippen LogP contribution in [0.15, 0.2) is 48.5 Å². The molecular weight excluding hydrogens is 308 g/mol. The molecule has 2 nitrogen and oxygen atoms in total. The molecule has 0 aliphatic carbocycles. The maximum absolute atomic E-state index is 9.73. The van der Waals surface area contributed by atoms with Gasteiger partial charge in [-0.1, -0.05) is 73.5 Å². The van der Waals surface area contributed by atoms with Crippen molar-refractivity contribution in [3.05, 3.63) is 70.8 Å². The molecule has 0 unspecified atom stereocenters. The van der Waals surface area contributed by atoms with Crippen molar-refractivity contribution >= 4 is 12.2 Å². The summed E-state index contributed by atoms with van der Waals surface area (Å²) in [6.07, 6.45) is 9.57. The molecule has 2 N–H and O–H groups in total. The van der Waals surface area contributed by atoms with Crippen molar-refractivity contribution < 1.29 is 10.2 Å². The Morgan fingerprint density at radius 2 is 1.56 bits per heavy atom. The number of rotatable bonds is 9. The molecule has 0 saturated heterocycles. The lowest BCUT2D eigenvalue weighted by Gasteiger charge is -2.16. The Balaban J connectivity index is 1.84. The molecule has 0 fully saturated rings. The Morgan fingerprint density at radius 3 is 2.24 bits per heavy atom. The van der Waals surface area contributed by atoms with Gasteiger partial charge in [-0.2, -0.15) is 0 Å². The van der Waals surface area contributed by atoms with Crippen molar-refractivity contribution in [2.45, 2.75) is 58.2 Å². The van der Waals surface area contributed by atoms with Gasteiger partial charge >= 0.3 is 0 Å². The third-order valence-electron chi connectivity index (χ3n) is 4.34. The number of unbranched alkanes of at least 4 members (excludes halogenated alkanes) is 2. The molecule has 2 aromatic rings. The zero-order valence-corrected chi connectivity index (χ0v) is 15.4. The lowest BCUT2D eigenvalue weighted by atomic mass is 9.98. The summed E-state index contributed by atoms with van der Waals surface area (Å²) in [6.45, 7) is 3.84. The first-order valence-corrected chi connectivity index (χ1v) is 9.15. The molecule has 0 heterocycles. The maximum Gasteiger partial charge on any atom is 0.0681 e. The smallest absolute Gasteiger partial charge is 0.0681 e. The van der Waals surface area contributed by atoms with Crippen molar-refractivity contribution in [2.24, 2.45) is 0 Å². The molecule has 2 heteroatoms. The van der Waals surface area contributed by atoms with Gasteiger partial charge in [0.2, 0.25) is 0 Å². The van der Waals surface area contributed by atoms with E-state index in [9.17, 15) is 5.11 Å². The number of aliphatic hydroxyl groups is 2. The van der Waals surface area contributed by atoms with E-state index in [1.165, 1.54) is 11.1 Å². The van der Waals surface area contributed by atoms with Crippen molar-refractivity contribution in [3.8, 4) is 0 Å². The maximum atomic E-state index is 9.73. The first-order valence-electron chi connectivity index (χ1n) is 9.15. The fourth-order valence-electron chi connectivity index (χ4n) is 2.84. The second-order valence-corrected chi connectivity index (χ2v) is 7.35.